The Bertz CT molecular complexity index is 579. The zero-order valence-electron chi connectivity index (χ0n) is 13.0. The molecule has 0 fully saturated rings. The minimum Gasteiger partial charge on any atom is -0.326 e. The van der Waals surface area contributed by atoms with E-state index in [0.29, 0.717) is 6.42 Å². The number of benzene rings is 2. The Balaban J connectivity index is 1.87. The third-order valence-corrected chi connectivity index (χ3v) is 3.52. The average molecular weight is 281 g/mol. The van der Waals surface area contributed by atoms with Crippen LogP contribution in [0.15, 0.2) is 54.6 Å². The van der Waals surface area contributed by atoms with Crippen molar-refractivity contribution in [2.45, 2.75) is 39.0 Å². The van der Waals surface area contributed by atoms with Crippen LogP contribution >= 0.6 is 0 Å². The lowest BCUT2D eigenvalue weighted by Crippen LogP contribution is -2.13. The highest BCUT2D eigenvalue weighted by atomic mass is 16.1. The molecule has 110 valence electrons. The van der Waals surface area contributed by atoms with Crippen molar-refractivity contribution in [3.63, 3.8) is 0 Å². The molecule has 2 nitrogen and oxygen atoms in total. The maximum Gasteiger partial charge on any atom is 0.224 e. The summed E-state index contributed by atoms with van der Waals surface area (Å²) in [7, 11) is 0. The van der Waals surface area contributed by atoms with Crippen molar-refractivity contribution in [2.24, 2.45) is 0 Å². The number of para-hydroxylation sites is 1. The van der Waals surface area contributed by atoms with E-state index in [9.17, 15) is 4.79 Å². The molecular weight excluding hydrogens is 258 g/mol. The smallest absolute Gasteiger partial charge is 0.224 e. The molecule has 2 heteroatoms. The Morgan fingerprint density at radius 3 is 2.14 bits per heavy atom. The van der Waals surface area contributed by atoms with Crippen LogP contribution in [0, 0.1) is 0 Å². The molecule has 0 saturated carbocycles. The number of amides is 1. The number of carbonyl (C=O) groups excluding carboxylic acids is 1. The molecule has 1 N–H and O–H groups in total. The van der Waals surface area contributed by atoms with Crippen molar-refractivity contribution in [3.8, 4) is 0 Å². The van der Waals surface area contributed by atoms with Gasteiger partial charge in [0.05, 0.1) is 0 Å². The van der Waals surface area contributed by atoms with Gasteiger partial charge in [-0.3, -0.25) is 4.79 Å². The molecule has 0 aliphatic carbocycles. The van der Waals surface area contributed by atoms with Gasteiger partial charge in [0.2, 0.25) is 5.91 Å². The van der Waals surface area contributed by atoms with Gasteiger partial charge >= 0.3 is 0 Å². The molecule has 0 aliphatic heterocycles. The molecule has 1 amide bonds. The summed E-state index contributed by atoms with van der Waals surface area (Å²) in [5.74, 6) is 0.0566. The molecule has 0 aliphatic rings. The Morgan fingerprint density at radius 2 is 1.57 bits per heavy atom. The molecule has 0 atom stereocenters. The van der Waals surface area contributed by atoms with Crippen LogP contribution in [0.25, 0.3) is 0 Å². The minimum atomic E-state index is 0.0566. The second-order valence-electron chi connectivity index (χ2n) is 6.36. The number of anilines is 1. The molecule has 2 aromatic rings. The van der Waals surface area contributed by atoms with Gasteiger partial charge in [-0.2, -0.15) is 0 Å². The van der Waals surface area contributed by atoms with Crippen LogP contribution in [0.4, 0.5) is 5.69 Å². The van der Waals surface area contributed by atoms with Gasteiger partial charge in [-0.15, -0.1) is 0 Å². The SMILES string of the molecule is CC(C)(C)c1ccc(CCC(=O)Nc2ccccc2)cc1. The Labute approximate surface area is 127 Å². The van der Waals surface area contributed by atoms with Crippen molar-refractivity contribution in [3.05, 3.63) is 65.7 Å². The van der Waals surface area contributed by atoms with E-state index in [2.05, 4.69) is 50.4 Å². The van der Waals surface area contributed by atoms with E-state index >= 15 is 0 Å². The predicted octanol–water partition coefficient (Wildman–Crippen LogP) is 4.56. The van der Waals surface area contributed by atoms with E-state index < -0.39 is 0 Å². The van der Waals surface area contributed by atoms with Crippen LogP contribution in [0.1, 0.15) is 38.3 Å². The first kappa shape index (κ1) is 15.3. The summed E-state index contributed by atoms with van der Waals surface area (Å²) in [6, 6.07) is 18.1. The number of carbonyl (C=O) groups is 1. The van der Waals surface area contributed by atoms with Gasteiger partial charge in [0.15, 0.2) is 0 Å². The predicted molar refractivity (Wildman–Crippen MR) is 88.5 cm³/mol. The highest BCUT2D eigenvalue weighted by molar-refractivity contribution is 5.90. The topological polar surface area (TPSA) is 29.1 Å². The summed E-state index contributed by atoms with van der Waals surface area (Å²) in [4.78, 5) is 11.9. The van der Waals surface area contributed by atoms with Crippen molar-refractivity contribution in [2.75, 3.05) is 5.32 Å². The molecule has 21 heavy (non-hydrogen) atoms. The van der Waals surface area contributed by atoms with Crippen LogP contribution in [0.3, 0.4) is 0 Å². The van der Waals surface area contributed by atoms with E-state index in [4.69, 9.17) is 0 Å². The van der Waals surface area contributed by atoms with Gasteiger partial charge in [0, 0.05) is 12.1 Å². The number of hydrogen-bond acceptors (Lipinski definition) is 1. The first-order valence-corrected chi connectivity index (χ1v) is 7.39. The van der Waals surface area contributed by atoms with Gasteiger partial charge in [-0.1, -0.05) is 63.2 Å². The summed E-state index contributed by atoms with van der Waals surface area (Å²) in [5.41, 5.74) is 3.54. The zero-order chi connectivity index (χ0) is 15.3. The van der Waals surface area contributed by atoms with Gasteiger partial charge in [0.25, 0.3) is 0 Å². The quantitative estimate of drug-likeness (QED) is 0.874. The highest BCUT2D eigenvalue weighted by Gasteiger charge is 2.12. The van der Waals surface area contributed by atoms with Gasteiger partial charge in [-0.25, -0.2) is 0 Å². The van der Waals surface area contributed by atoms with E-state index in [1.54, 1.807) is 0 Å². The molecule has 0 spiro atoms. The largest absolute Gasteiger partial charge is 0.326 e. The summed E-state index contributed by atoms with van der Waals surface area (Å²) in [6.45, 7) is 6.61. The fraction of sp³-hybridized carbons (Fsp3) is 0.316. The van der Waals surface area contributed by atoms with Gasteiger partial charge in [-0.05, 0) is 35.1 Å². The molecule has 0 unspecified atom stereocenters. The zero-order valence-corrected chi connectivity index (χ0v) is 13.0. The second-order valence-corrected chi connectivity index (χ2v) is 6.36. The number of hydrogen-bond donors (Lipinski definition) is 1. The number of rotatable bonds is 4. The number of nitrogens with one attached hydrogen (secondary N) is 1. The minimum absolute atomic E-state index is 0.0566. The molecule has 0 saturated heterocycles. The third-order valence-electron chi connectivity index (χ3n) is 3.52. The van der Waals surface area contributed by atoms with E-state index in [1.165, 1.54) is 11.1 Å². The molecule has 0 heterocycles. The van der Waals surface area contributed by atoms with Gasteiger partial charge < -0.3 is 5.32 Å². The van der Waals surface area contributed by atoms with Crippen molar-refractivity contribution < 1.29 is 4.79 Å². The van der Waals surface area contributed by atoms with E-state index in [1.807, 2.05) is 30.3 Å². The van der Waals surface area contributed by atoms with E-state index in [0.717, 1.165) is 12.1 Å². The lowest BCUT2D eigenvalue weighted by molar-refractivity contribution is -0.116. The summed E-state index contributed by atoms with van der Waals surface area (Å²) in [5, 5.41) is 2.91. The van der Waals surface area contributed by atoms with E-state index in [-0.39, 0.29) is 11.3 Å². The monoisotopic (exact) mass is 281 g/mol. The van der Waals surface area contributed by atoms with Crippen LogP contribution < -0.4 is 5.32 Å². The fourth-order valence-corrected chi connectivity index (χ4v) is 2.17. The lowest BCUT2D eigenvalue weighted by atomic mass is 9.86. The van der Waals surface area contributed by atoms with Crippen LogP contribution in [0.2, 0.25) is 0 Å². The summed E-state index contributed by atoms with van der Waals surface area (Å²) in [6.07, 6.45) is 1.27. The maximum atomic E-state index is 11.9. The van der Waals surface area contributed by atoms with Crippen molar-refractivity contribution in [1.29, 1.82) is 0 Å². The average Bonchev–Trinajstić information content (AvgIpc) is 2.46. The summed E-state index contributed by atoms with van der Waals surface area (Å²) < 4.78 is 0. The standard InChI is InChI=1S/C19H23NO/c1-19(2,3)16-12-9-15(10-13-16)11-14-18(21)20-17-7-5-4-6-8-17/h4-10,12-13H,11,14H2,1-3H3,(H,20,21). The molecule has 0 aromatic heterocycles. The Kier molecular flexibility index (Phi) is 4.79. The van der Waals surface area contributed by atoms with Gasteiger partial charge in [0.1, 0.15) is 0 Å². The molecule has 2 rings (SSSR count). The van der Waals surface area contributed by atoms with Crippen LogP contribution in [-0.2, 0) is 16.6 Å². The molecule has 2 aromatic carbocycles. The Hall–Kier alpha value is -2.09. The fourth-order valence-electron chi connectivity index (χ4n) is 2.17. The number of aryl methyl sites for hydroxylation is 1. The van der Waals surface area contributed by atoms with Crippen molar-refractivity contribution >= 4 is 11.6 Å². The first-order chi connectivity index (χ1) is 9.95. The maximum absolute atomic E-state index is 11.9. The van der Waals surface area contributed by atoms with Crippen LogP contribution in [0.5, 0.6) is 0 Å². The first-order valence-electron chi connectivity index (χ1n) is 7.39. The summed E-state index contributed by atoms with van der Waals surface area (Å²) >= 11 is 0. The molecular formula is C19H23NO. The molecule has 0 radical (unpaired) electrons. The molecule has 0 bridgehead atoms. The van der Waals surface area contributed by atoms with Crippen molar-refractivity contribution in [1.82, 2.24) is 0 Å². The normalized spacial score (nSPS) is 11.2. The lowest BCUT2D eigenvalue weighted by Gasteiger charge is -2.19. The second kappa shape index (κ2) is 6.57. The van der Waals surface area contributed by atoms with Crippen LogP contribution in [-0.4, -0.2) is 5.91 Å². The third kappa shape index (κ3) is 4.75. The Morgan fingerprint density at radius 1 is 0.952 bits per heavy atom. The highest BCUT2D eigenvalue weighted by Crippen LogP contribution is 2.22.